The summed E-state index contributed by atoms with van der Waals surface area (Å²) in [6.07, 6.45) is 0.916. The van der Waals surface area contributed by atoms with E-state index in [-0.39, 0.29) is 18.1 Å². The highest BCUT2D eigenvalue weighted by Gasteiger charge is 2.40. The predicted octanol–water partition coefficient (Wildman–Crippen LogP) is 2.83. The Morgan fingerprint density at radius 2 is 2.29 bits per heavy atom. The van der Waals surface area contributed by atoms with Crippen LogP contribution in [0.5, 0.6) is 5.75 Å². The molecule has 2 heterocycles. The normalized spacial score (nSPS) is 26.3. The Labute approximate surface area is 141 Å². The molecule has 0 aromatic heterocycles. The van der Waals surface area contributed by atoms with E-state index < -0.39 is 12.8 Å². The summed E-state index contributed by atoms with van der Waals surface area (Å²) in [6.45, 7) is 3.88. The number of benzene rings is 1. The number of ether oxygens (including phenoxy) is 2. The van der Waals surface area contributed by atoms with E-state index in [0.717, 1.165) is 25.3 Å². The molecule has 3 rings (SSSR count). The third-order valence-corrected chi connectivity index (χ3v) is 5.09. The van der Waals surface area contributed by atoms with E-state index in [9.17, 15) is 9.18 Å². The minimum absolute atomic E-state index is 0.00278. The maximum absolute atomic E-state index is 12.9. The number of hydrogen-bond acceptors (Lipinski definition) is 4. The summed E-state index contributed by atoms with van der Waals surface area (Å²) in [7, 11) is 0. The van der Waals surface area contributed by atoms with Crippen LogP contribution in [0.3, 0.4) is 0 Å². The molecule has 5 nitrogen and oxygen atoms in total. The van der Waals surface area contributed by atoms with Crippen molar-refractivity contribution >= 4 is 6.09 Å². The van der Waals surface area contributed by atoms with Crippen molar-refractivity contribution in [2.24, 2.45) is 11.7 Å². The van der Waals surface area contributed by atoms with Gasteiger partial charge in [-0.2, -0.15) is 0 Å². The summed E-state index contributed by atoms with van der Waals surface area (Å²) < 4.78 is 23.8. The number of nitrogens with two attached hydrogens (primary N) is 1. The highest BCUT2D eigenvalue weighted by Crippen LogP contribution is 2.41. The molecule has 0 bridgehead atoms. The lowest BCUT2D eigenvalue weighted by molar-refractivity contribution is -0.0245. The van der Waals surface area contributed by atoms with Crippen LogP contribution in [0.25, 0.3) is 0 Å². The van der Waals surface area contributed by atoms with E-state index in [4.69, 9.17) is 15.2 Å². The highest BCUT2D eigenvalue weighted by atomic mass is 19.1. The first-order valence-electron chi connectivity index (χ1n) is 8.64. The van der Waals surface area contributed by atoms with E-state index in [1.165, 1.54) is 11.1 Å². The second-order valence-electron chi connectivity index (χ2n) is 6.50. The smallest absolute Gasteiger partial charge is 0.404 e. The Bertz CT molecular complexity index is 596. The summed E-state index contributed by atoms with van der Waals surface area (Å²) in [5.41, 5.74) is 7.75. The minimum Gasteiger partial charge on any atom is -0.494 e. The van der Waals surface area contributed by atoms with Crippen LogP contribution in [0.4, 0.5) is 9.18 Å². The van der Waals surface area contributed by atoms with Crippen molar-refractivity contribution in [1.82, 2.24) is 4.90 Å². The first-order chi connectivity index (χ1) is 11.6. The second kappa shape index (κ2) is 7.38. The van der Waals surface area contributed by atoms with Gasteiger partial charge in [-0.25, -0.2) is 4.79 Å². The van der Waals surface area contributed by atoms with Crippen molar-refractivity contribution in [1.29, 1.82) is 0 Å². The number of carbonyl (C=O) groups excluding carboxylic acids is 1. The Morgan fingerprint density at radius 1 is 1.46 bits per heavy atom. The van der Waals surface area contributed by atoms with Crippen LogP contribution in [-0.4, -0.2) is 43.5 Å². The van der Waals surface area contributed by atoms with Gasteiger partial charge in [0.15, 0.2) is 0 Å². The number of hydrogen-bond donors (Lipinski definition) is 1. The largest absolute Gasteiger partial charge is 0.494 e. The number of amides is 1. The second-order valence-corrected chi connectivity index (χ2v) is 6.50. The number of primary amides is 1. The molecule has 1 aromatic carbocycles. The van der Waals surface area contributed by atoms with Crippen LogP contribution in [0.2, 0.25) is 0 Å². The fourth-order valence-electron chi connectivity index (χ4n) is 4.03. The van der Waals surface area contributed by atoms with Crippen LogP contribution < -0.4 is 10.5 Å². The van der Waals surface area contributed by atoms with Gasteiger partial charge in [-0.1, -0.05) is 6.07 Å². The van der Waals surface area contributed by atoms with Crippen molar-refractivity contribution < 1.29 is 18.7 Å². The summed E-state index contributed by atoms with van der Waals surface area (Å²) in [5.74, 6) is 0.892. The van der Waals surface area contributed by atoms with E-state index in [2.05, 4.69) is 17.0 Å². The monoisotopic (exact) mass is 336 g/mol. The Balaban J connectivity index is 1.82. The molecule has 1 aromatic rings. The first-order valence-corrected chi connectivity index (χ1v) is 8.64. The van der Waals surface area contributed by atoms with Crippen LogP contribution >= 0.6 is 0 Å². The average molecular weight is 336 g/mol. The van der Waals surface area contributed by atoms with E-state index >= 15 is 0 Å². The third-order valence-electron chi connectivity index (χ3n) is 5.09. The highest BCUT2D eigenvalue weighted by molar-refractivity contribution is 5.64. The molecule has 1 amide bonds. The number of fused-ring (bicyclic) bond motifs is 3. The van der Waals surface area contributed by atoms with Gasteiger partial charge in [0.2, 0.25) is 0 Å². The molecule has 0 unspecified atom stereocenters. The molecule has 0 saturated carbocycles. The van der Waals surface area contributed by atoms with Crippen LogP contribution in [0.15, 0.2) is 18.2 Å². The molecule has 2 aliphatic heterocycles. The van der Waals surface area contributed by atoms with Gasteiger partial charge in [0.05, 0.1) is 13.3 Å². The minimum atomic E-state index is -0.778. The molecule has 0 spiro atoms. The van der Waals surface area contributed by atoms with Crippen molar-refractivity contribution in [3.63, 3.8) is 0 Å². The molecule has 6 heteroatoms. The van der Waals surface area contributed by atoms with Crippen LogP contribution in [0, 0.1) is 5.92 Å². The molecule has 2 aliphatic rings. The lowest BCUT2D eigenvalue weighted by atomic mass is 9.81. The fourth-order valence-corrected chi connectivity index (χ4v) is 4.03. The fraction of sp³-hybridized carbons (Fsp3) is 0.611. The predicted molar refractivity (Wildman–Crippen MR) is 88.8 cm³/mol. The van der Waals surface area contributed by atoms with Gasteiger partial charge >= 0.3 is 6.09 Å². The number of alkyl halides is 1. The molecule has 2 N–H and O–H groups in total. The third kappa shape index (κ3) is 3.48. The molecule has 0 aliphatic carbocycles. The van der Waals surface area contributed by atoms with E-state index in [1.54, 1.807) is 0 Å². The zero-order valence-corrected chi connectivity index (χ0v) is 14.0. The number of rotatable bonds is 5. The summed E-state index contributed by atoms with van der Waals surface area (Å²) in [4.78, 5) is 13.6. The van der Waals surface area contributed by atoms with Crippen LogP contribution in [0.1, 0.15) is 36.9 Å². The van der Waals surface area contributed by atoms with Crippen molar-refractivity contribution in [2.75, 3.05) is 26.4 Å². The molecule has 0 radical (unpaired) electrons. The van der Waals surface area contributed by atoms with Crippen molar-refractivity contribution in [2.45, 2.75) is 38.3 Å². The quantitative estimate of drug-likeness (QED) is 0.898. The Kier molecular flexibility index (Phi) is 5.23. The molecule has 132 valence electrons. The lowest BCUT2D eigenvalue weighted by Crippen LogP contribution is -2.49. The van der Waals surface area contributed by atoms with Gasteiger partial charge in [0, 0.05) is 31.5 Å². The van der Waals surface area contributed by atoms with E-state index in [1.807, 2.05) is 13.0 Å². The molecular formula is C18H25FN2O3. The first kappa shape index (κ1) is 17.0. The van der Waals surface area contributed by atoms with Gasteiger partial charge in [0.25, 0.3) is 0 Å². The number of halogens is 1. The number of carbonyl (C=O) groups is 1. The zero-order chi connectivity index (χ0) is 17.1. The SMILES string of the molecule is CCOc1ccc2c(c1)CCN1C[C@H](CC[19F])[C@@H](OC(N)=O)C[C@@H]21. The Hall–Kier alpha value is -1.82. The van der Waals surface area contributed by atoms with Gasteiger partial charge in [0.1, 0.15) is 11.9 Å². The van der Waals surface area contributed by atoms with E-state index in [0.29, 0.717) is 19.4 Å². The van der Waals surface area contributed by atoms with Gasteiger partial charge in [-0.15, -0.1) is 0 Å². The van der Waals surface area contributed by atoms with Gasteiger partial charge in [-0.3, -0.25) is 9.29 Å². The topological polar surface area (TPSA) is 64.8 Å². The number of nitrogens with zero attached hydrogens (tertiary/aromatic N) is 1. The zero-order valence-electron chi connectivity index (χ0n) is 14.0. The summed E-state index contributed by atoms with van der Waals surface area (Å²) in [6, 6.07) is 6.38. The van der Waals surface area contributed by atoms with Gasteiger partial charge < -0.3 is 15.2 Å². The van der Waals surface area contributed by atoms with Crippen LogP contribution in [-0.2, 0) is 11.2 Å². The summed E-state index contributed by atoms with van der Waals surface area (Å²) in [5, 5.41) is 0. The van der Waals surface area contributed by atoms with Crippen molar-refractivity contribution in [3.8, 4) is 5.75 Å². The number of piperidine rings is 1. The molecule has 24 heavy (non-hydrogen) atoms. The molecule has 1 fully saturated rings. The summed E-state index contributed by atoms with van der Waals surface area (Å²) >= 11 is 0. The van der Waals surface area contributed by atoms with Crippen molar-refractivity contribution in [3.05, 3.63) is 29.3 Å². The lowest BCUT2D eigenvalue weighted by Gasteiger charge is -2.46. The maximum Gasteiger partial charge on any atom is 0.404 e. The van der Waals surface area contributed by atoms with Gasteiger partial charge in [-0.05, 0) is 43.0 Å². The Morgan fingerprint density at radius 3 is 3.00 bits per heavy atom. The molecule has 3 atom stereocenters. The standard InChI is InChI=1S/C18H25FN2O3/c1-2-23-14-3-4-15-12(9-14)6-8-21-11-13(5-7-19)17(10-16(15)21)24-18(20)22/h3-4,9,13,16-17H,2,5-8,10-11H2,1H3,(H2,20,22)/t13-,16-,17-/m0/s1/i19+0. The molecule has 1 saturated heterocycles. The average Bonchev–Trinajstić information content (AvgIpc) is 2.55. The molecular weight excluding hydrogens is 311 g/mol. The maximum atomic E-state index is 12.9.